The van der Waals surface area contributed by atoms with E-state index in [0.717, 1.165) is 6.54 Å². The Morgan fingerprint density at radius 1 is 1.27 bits per heavy atom. The summed E-state index contributed by atoms with van der Waals surface area (Å²) in [5.74, 6) is 0. The van der Waals surface area contributed by atoms with Crippen LogP contribution in [0.25, 0.3) is 0 Å². The van der Waals surface area contributed by atoms with Gasteiger partial charge in [0.25, 0.3) is 0 Å². The predicted octanol–water partition coefficient (Wildman–Crippen LogP) is 2.09. The lowest BCUT2D eigenvalue weighted by molar-refractivity contribution is 0.463. The Hall–Kier alpha value is -0.980. The van der Waals surface area contributed by atoms with Crippen molar-refractivity contribution >= 4 is 0 Å². The fourth-order valence-corrected chi connectivity index (χ4v) is 1.66. The van der Waals surface area contributed by atoms with Crippen LogP contribution >= 0.6 is 0 Å². The van der Waals surface area contributed by atoms with Gasteiger partial charge in [-0.15, -0.1) is 0 Å². The van der Waals surface area contributed by atoms with Gasteiger partial charge in [-0.2, -0.15) is 0 Å². The molecule has 58 valence electrons. The topological polar surface area (TPSA) is 3.24 Å². The van der Waals surface area contributed by atoms with Gasteiger partial charge < -0.3 is 4.90 Å². The van der Waals surface area contributed by atoms with Crippen LogP contribution in [0.4, 0.5) is 0 Å². The fourth-order valence-electron chi connectivity index (χ4n) is 1.66. The highest BCUT2D eigenvalue weighted by Crippen LogP contribution is 2.24. The predicted molar refractivity (Wildman–Crippen MR) is 47.2 cm³/mol. The SMILES string of the molecule is CN1CC=CC2=C1C=CCC2. The summed E-state index contributed by atoms with van der Waals surface area (Å²) in [5, 5.41) is 0. The molecule has 1 aliphatic carbocycles. The summed E-state index contributed by atoms with van der Waals surface area (Å²) in [4.78, 5) is 2.30. The molecule has 0 spiro atoms. The van der Waals surface area contributed by atoms with Gasteiger partial charge in [-0.1, -0.05) is 18.2 Å². The first-order valence-electron chi connectivity index (χ1n) is 4.15. The molecule has 0 aromatic carbocycles. The van der Waals surface area contributed by atoms with Crippen LogP contribution in [0, 0.1) is 0 Å². The van der Waals surface area contributed by atoms with Crippen LogP contribution in [0.5, 0.6) is 0 Å². The van der Waals surface area contributed by atoms with Crippen molar-refractivity contribution in [3.8, 4) is 0 Å². The van der Waals surface area contributed by atoms with Crippen molar-refractivity contribution in [3.63, 3.8) is 0 Å². The molecule has 0 N–H and O–H groups in total. The van der Waals surface area contributed by atoms with E-state index in [9.17, 15) is 0 Å². The Kier molecular flexibility index (Phi) is 1.57. The van der Waals surface area contributed by atoms with Crippen molar-refractivity contribution in [3.05, 3.63) is 35.6 Å². The van der Waals surface area contributed by atoms with Gasteiger partial charge in [-0.25, -0.2) is 0 Å². The van der Waals surface area contributed by atoms with Gasteiger partial charge in [0.15, 0.2) is 0 Å². The van der Waals surface area contributed by atoms with Crippen molar-refractivity contribution in [1.29, 1.82) is 0 Å². The average Bonchev–Trinajstić information content (AvgIpc) is 2.06. The van der Waals surface area contributed by atoms with E-state index in [0.29, 0.717) is 0 Å². The average molecular weight is 147 g/mol. The summed E-state index contributed by atoms with van der Waals surface area (Å²) < 4.78 is 0. The van der Waals surface area contributed by atoms with Gasteiger partial charge in [0.2, 0.25) is 0 Å². The minimum Gasteiger partial charge on any atom is -0.371 e. The number of hydrogen-bond acceptors (Lipinski definition) is 1. The van der Waals surface area contributed by atoms with Gasteiger partial charge in [0.05, 0.1) is 0 Å². The highest BCUT2D eigenvalue weighted by atomic mass is 15.1. The standard InChI is InChI=1S/C10H13N/c1-11-8-4-6-9-5-2-3-7-10(9)11/h3-4,6-7H,2,5,8H2,1H3. The van der Waals surface area contributed by atoms with Gasteiger partial charge in [-0.05, 0) is 24.5 Å². The molecule has 2 rings (SSSR count). The van der Waals surface area contributed by atoms with Crippen LogP contribution in [0.2, 0.25) is 0 Å². The summed E-state index contributed by atoms with van der Waals surface area (Å²) in [5.41, 5.74) is 2.92. The first kappa shape index (κ1) is 6.71. The normalized spacial score (nSPS) is 22.5. The zero-order valence-electron chi connectivity index (χ0n) is 6.88. The molecule has 0 saturated heterocycles. The largest absolute Gasteiger partial charge is 0.371 e. The molecule has 11 heavy (non-hydrogen) atoms. The monoisotopic (exact) mass is 147 g/mol. The molecule has 0 aromatic rings. The fraction of sp³-hybridized carbons (Fsp3) is 0.400. The Morgan fingerprint density at radius 3 is 3.00 bits per heavy atom. The highest BCUT2D eigenvalue weighted by Gasteiger charge is 2.11. The third-order valence-corrected chi connectivity index (χ3v) is 2.29. The molecule has 0 radical (unpaired) electrons. The number of hydrogen-bond donors (Lipinski definition) is 0. The molecule has 0 unspecified atom stereocenters. The minimum absolute atomic E-state index is 1.06. The first-order chi connectivity index (χ1) is 5.38. The van der Waals surface area contributed by atoms with Crippen LogP contribution < -0.4 is 0 Å². The lowest BCUT2D eigenvalue weighted by atomic mass is 9.99. The van der Waals surface area contributed by atoms with Crippen LogP contribution in [0.15, 0.2) is 35.6 Å². The van der Waals surface area contributed by atoms with Crippen molar-refractivity contribution < 1.29 is 0 Å². The second-order valence-corrected chi connectivity index (χ2v) is 3.13. The van der Waals surface area contributed by atoms with Gasteiger partial charge in [0.1, 0.15) is 0 Å². The second kappa shape index (κ2) is 2.57. The van der Waals surface area contributed by atoms with E-state index >= 15 is 0 Å². The number of nitrogens with zero attached hydrogens (tertiary/aromatic N) is 1. The maximum Gasteiger partial charge on any atom is 0.0395 e. The van der Waals surface area contributed by atoms with Crippen LogP contribution in [-0.4, -0.2) is 18.5 Å². The summed E-state index contributed by atoms with van der Waals surface area (Å²) in [6, 6.07) is 0. The molecule has 0 atom stereocenters. The minimum atomic E-state index is 1.06. The molecule has 0 fully saturated rings. The van der Waals surface area contributed by atoms with Gasteiger partial charge >= 0.3 is 0 Å². The highest BCUT2D eigenvalue weighted by molar-refractivity contribution is 5.37. The van der Waals surface area contributed by atoms with E-state index in [-0.39, 0.29) is 0 Å². The maximum atomic E-state index is 2.30. The van der Waals surface area contributed by atoms with Gasteiger partial charge in [0, 0.05) is 19.3 Å². The van der Waals surface area contributed by atoms with Crippen molar-refractivity contribution in [2.45, 2.75) is 12.8 Å². The van der Waals surface area contributed by atoms with Crippen molar-refractivity contribution in [2.75, 3.05) is 13.6 Å². The third-order valence-electron chi connectivity index (χ3n) is 2.29. The van der Waals surface area contributed by atoms with E-state index in [1.54, 1.807) is 0 Å². The van der Waals surface area contributed by atoms with Crippen molar-refractivity contribution in [1.82, 2.24) is 4.90 Å². The second-order valence-electron chi connectivity index (χ2n) is 3.13. The zero-order valence-corrected chi connectivity index (χ0v) is 6.88. The number of rotatable bonds is 0. The molecule has 1 nitrogen and oxygen atoms in total. The Labute approximate surface area is 67.7 Å². The molecule has 0 aromatic heterocycles. The first-order valence-corrected chi connectivity index (χ1v) is 4.15. The van der Waals surface area contributed by atoms with Crippen LogP contribution in [-0.2, 0) is 0 Å². The smallest absolute Gasteiger partial charge is 0.0395 e. The molecule has 0 amide bonds. The van der Waals surface area contributed by atoms with Crippen molar-refractivity contribution in [2.24, 2.45) is 0 Å². The molecule has 0 saturated carbocycles. The van der Waals surface area contributed by atoms with Crippen LogP contribution in [0.3, 0.4) is 0 Å². The Morgan fingerprint density at radius 2 is 2.18 bits per heavy atom. The summed E-state index contributed by atoms with van der Waals surface area (Å²) in [6.45, 7) is 1.06. The van der Waals surface area contributed by atoms with E-state index in [4.69, 9.17) is 0 Å². The van der Waals surface area contributed by atoms with E-state index in [1.807, 2.05) is 0 Å². The molecule has 0 bridgehead atoms. The van der Waals surface area contributed by atoms with E-state index < -0.39 is 0 Å². The molecule has 1 heteroatoms. The molecular weight excluding hydrogens is 134 g/mol. The van der Waals surface area contributed by atoms with E-state index in [2.05, 4.69) is 36.3 Å². The summed E-state index contributed by atoms with van der Waals surface area (Å²) in [6.07, 6.45) is 11.4. The maximum absolute atomic E-state index is 2.30. The number of likely N-dealkylation sites (N-methyl/N-ethyl adjacent to an activating group) is 1. The summed E-state index contributed by atoms with van der Waals surface area (Å²) in [7, 11) is 2.15. The van der Waals surface area contributed by atoms with Gasteiger partial charge in [-0.3, -0.25) is 0 Å². The molecule has 1 aliphatic heterocycles. The Bertz CT molecular complexity index is 246. The quantitative estimate of drug-likeness (QED) is 0.507. The molecule has 1 heterocycles. The lowest BCUT2D eigenvalue weighted by Gasteiger charge is -2.26. The Balaban J connectivity index is 2.36. The lowest BCUT2D eigenvalue weighted by Crippen LogP contribution is -2.21. The van der Waals surface area contributed by atoms with Crippen LogP contribution in [0.1, 0.15) is 12.8 Å². The number of allylic oxidation sites excluding steroid dienone is 4. The van der Waals surface area contributed by atoms with E-state index in [1.165, 1.54) is 24.1 Å². The molecule has 2 aliphatic rings. The molecular formula is C10H13N. The zero-order chi connectivity index (χ0) is 7.68. The summed E-state index contributed by atoms with van der Waals surface area (Å²) >= 11 is 0. The third kappa shape index (κ3) is 1.11.